The number of nitrogens with zero attached hydrogens (tertiary/aromatic N) is 1. The number of sulfonamides is 1. The van der Waals surface area contributed by atoms with Crippen LogP contribution in [0.5, 0.6) is 0 Å². The van der Waals surface area contributed by atoms with Gasteiger partial charge in [0.2, 0.25) is 0 Å². The van der Waals surface area contributed by atoms with Gasteiger partial charge in [-0.05, 0) is 42.2 Å². The van der Waals surface area contributed by atoms with Gasteiger partial charge in [0.25, 0.3) is 10.0 Å². The lowest BCUT2D eigenvalue weighted by Crippen LogP contribution is -2.37. The Morgan fingerprint density at radius 1 is 1.30 bits per heavy atom. The van der Waals surface area contributed by atoms with Crippen LogP contribution in [-0.4, -0.2) is 25.3 Å². The number of rotatable bonds is 2. The van der Waals surface area contributed by atoms with Crippen molar-refractivity contribution in [1.82, 2.24) is 4.31 Å². The van der Waals surface area contributed by atoms with E-state index in [1.165, 1.54) is 0 Å². The van der Waals surface area contributed by atoms with Crippen LogP contribution in [0, 0.1) is 10.8 Å². The molecule has 2 aliphatic rings. The molecule has 1 aliphatic heterocycles. The second kappa shape index (κ2) is 4.45. The van der Waals surface area contributed by atoms with Gasteiger partial charge in [-0.1, -0.05) is 32.4 Å². The standard InChI is InChI=1S/C14H20ClNO2S2/c1-13(2)6-10-7-14(3,8-13)9-16(10)20(17,18)12-5-4-11(15)19-12/h4-5,10H,6-9H2,1-3H3/t10-,14-/m0/s1. The summed E-state index contributed by atoms with van der Waals surface area (Å²) in [5, 5.41) is 0. The van der Waals surface area contributed by atoms with Crippen LogP contribution in [-0.2, 0) is 10.0 Å². The molecule has 1 aromatic rings. The van der Waals surface area contributed by atoms with Gasteiger partial charge >= 0.3 is 0 Å². The fourth-order valence-electron chi connectivity index (χ4n) is 4.24. The van der Waals surface area contributed by atoms with Crippen LogP contribution in [0.2, 0.25) is 4.34 Å². The topological polar surface area (TPSA) is 37.4 Å². The molecule has 0 unspecified atom stereocenters. The van der Waals surface area contributed by atoms with Crippen LogP contribution in [0.15, 0.2) is 16.3 Å². The molecule has 2 bridgehead atoms. The molecule has 0 N–H and O–H groups in total. The molecule has 2 heterocycles. The van der Waals surface area contributed by atoms with Crippen molar-refractivity contribution >= 4 is 33.0 Å². The summed E-state index contributed by atoms with van der Waals surface area (Å²) in [5.74, 6) is 0. The Morgan fingerprint density at radius 2 is 2.00 bits per heavy atom. The molecule has 2 atom stereocenters. The van der Waals surface area contributed by atoms with Crippen LogP contribution >= 0.6 is 22.9 Å². The molecule has 1 aliphatic carbocycles. The molecule has 1 saturated carbocycles. The van der Waals surface area contributed by atoms with E-state index in [2.05, 4.69) is 20.8 Å². The fraction of sp³-hybridized carbons (Fsp3) is 0.714. The van der Waals surface area contributed by atoms with Crippen molar-refractivity contribution in [1.29, 1.82) is 0 Å². The molecule has 3 rings (SSSR count). The van der Waals surface area contributed by atoms with Crippen molar-refractivity contribution in [3.63, 3.8) is 0 Å². The Hall–Kier alpha value is -0.100. The highest BCUT2D eigenvalue weighted by molar-refractivity contribution is 7.91. The van der Waals surface area contributed by atoms with E-state index >= 15 is 0 Å². The Bertz CT molecular complexity index is 637. The molecular weight excluding hydrogens is 314 g/mol. The van der Waals surface area contributed by atoms with Crippen molar-refractivity contribution in [3.8, 4) is 0 Å². The van der Waals surface area contributed by atoms with Gasteiger partial charge in [-0.25, -0.2) is 8.42 Å². The summed E-state index contributed by atoms with van der Waals surface area (Å²) < 4.78 is 28.3. The van der Waals surface area contributed by atoms with E-state index in [9.17, 15) is 8.42 Å². The smallest absolute Gasteiger partial charge is 0.206 e. The minimum absolute atomic E-state index is 0.112. The molecule has 1 saturated heterocycles. The summed E-state index contributed by atoms with van der Waals surface area (Å²) in [7, 11) is -3.39. The van der Waals surface area contributed by atoms with Crippen molar-refractivity contribution in [2.24, 2.45) is 10.8 Å². The largest absolute Gasteiger partial charge is 0.252 e. The first kappa shape index (κ1) is 14.8. The van der Waals surface area contributed by atoms with Crippen LogP contribution in [0.3, 0.4) is 0 Å². The molecule has 6 heteroatoms. The van der Waals surface area contributed by atoms with Gasteiger partial charge in [0, 0.05) is 12.6 Å². The minimum atomic E-state index is -3.39. The first-order chi connectivity index (χ1) is 9.11. The van der Waals surface area contributed by atoms with E-state index in [0.29, 0.717) is 15.1 Å². The summed E-state index contributed by atoms with van der Waals surface area (Å²) in [6.07, 6.45) is 3.02. The summed E-state index contributed by atoms with van der Waals surface area (Å²) in [4.78, 5) is 0. The second-order valence-corrected chi connectivity index (χ2v) is 11.2. The third-order valence-corrected chi connectivity index (χ3v) is 8.08. The first-order valence-corrected chi connectivity index (χ1v) is 9.52. The molecule has 3 nitrogen and oxygen atoms in total. The van der Waals surface area contributed by atoms with Gasteiger partial charge < -0.3 is 0 Å². The average Bonchev–Trinajstić information content (AvgIpc) is 2.79. The molecule has 20 heavy (non-hydrogen) atoms. The van der Waals surface area contributed by atoms with Crippen LogP contribution in [0.25, 0.3) is 0 Å². The normalized spacial score (nSPS) is 33.5. The molecule has 1 aromatic heterocycles. The zero-order valence-corrected chi connectivity index (χ0v) is 14.4. The van der Waals surface area contributed by atoms with Gasteiger partial charge in [-0.15, -0.1) is 11.3 Å². The molecule has 2 fully saturated rings. The van der Waals surface area contributed by atoms with Crippen LogP contribution < -0.4 is 0 Å². The van der Waals surface area contributed by atoms with E-state index in [1.54, 1.807) is 16.4 Å². The summed E-state index contributed by atoms with van der Waals surface area (Å²) in [6.45, 7) is 7.35. The Morgan fingerprint density at radius 3 is 2.60 bits per heavy atom. The number of thiophene rings is 1. The SMILES string of the molecule is CC1(C)C[C@H]2C[C@](C)(CN2S(=O)(=O)c2ccc(Cl)s2)C1. The maximum Gasteiger partial charge on any atom is 0.252 e. The predicted octanol–water partition coefficient (Wildman–Crippen LogP) is 3.99. The Labute approximate surface area is 130 Å². The third kappa shape index (κ3) is 2.43. The van der Waals surface area contributed by atoms with Gasteiger partial charge in [0.05, 0.1) is 4.34 Å². The highest BCUT2D eigenvalue weighted by atomic mass is 35.5. The van der Waals surface area contributed by atoms with E-state index in [1.807, 2.05) is 0 Å². The summed E-state index contributed by atoms with van der Waals surface area (Å²) in [6, 6.07) is 3.42. The van der Waals surface area contributed by atoms with Gasteiger partial charge in [0.1, 0.15) is 4.21 Å². The van der Waals surface area contributed by atoms with Crippen LogP contribution in [0.1, 0.15) is 40.0 Å². The second-order valence-electron chi connectivity index (χ2n) is 7.32. The predicted molar refractivity (Wildman–Crippen MR) is 82.7 cm³/mol. The summed E-state index contributed by atoms with van der Waals surface area (Å²) >= 11 is 7.04. The molecule has 112 valence electrons. The van der Waals surface area contributed by atoms with E-state index in [0.717, 1.165) is 30.6 Å². The highest BCUT2D eigenvalue weighted by Gasteiger charge is 2.53. The van der Waals surface area contributed by atoms with Crippen molar-refractivity contribution in [2.45, 2.75) is 50.3 Å². The lowest BCUT2D eigenvalue weighted by Gasteiger charge is -2.39. The average molecular weight is 334 g/mol. The van der Waals surface area contributed by atoms with Crippen molar-refractivity contribution in [3.05, 3.63) is 16.5 Å². The Kier molecular flexibility index (Phi) is 3.30. The zero-order chi connectivity index (χ0) is 14.8. The number of fused-ring (bicyclic) bond motifs is 2. The summed E-state index contributed by atoms with van der Waals surface area (Å²) in [5.41, 5.74) is 0.329. The van der Waals surface area contributed by atoms with Gasteiger partial charge in [0.15, 0.2) is 0 Å². The quantitative estimate of drug-likeness (QED) is 0.820. The van der Waals surface area contributed by atoms with E-state index in [-0.39, 0.29) is 16.9 Å². The van der Waals surface area contributed by atoms with Gasteiger partial charge in [-0.3, -0.25) is 0 Å². The maximum absolute atomic E-state index is 12.8. The van der Waals surface area contributed by atoms with Crippen molar-refractivity contribution in [2.75, 3.05) is 6.54 Å². The third-order valence-electron chi connectivity index (χ3n) is 4.48. The highest BCUT2D eigenvalue weighted by Crippen LogP contribution is 2.53. The zero-order valence-electron chi connectivity index (χ0n) is 12.0. The number of hydrogen-bond donors (Lipinski definition) is 0. The fourth-order valence-corrected chi connectivity index (χ4v) is 7.63. The monoisotopic (exact) mass is 333 g/mol. The van der Waals surface area contributed by atoms with Gasteiger partial charge in [-0.2, -0.15) is 4.31 Å². The first-order valence-electron chi connectivity index (χ1n) is 6.89. The van der Waals surface area contributed by atoms with Crippen molar-refractivity contribution < 1.29 is 8.42 Å². The van der Waals surface area contributed by atoms with E-state index in [4.69, 9.17) is 11.6 Å². The number of halogens is 1. The molecular formula is C14H20ClNO2S2. The Balaban J connectivity index is 1.96. The molecule has 0 radical (unpaired) electrons. The maximum atomic E-state index is 12.8. The van der Waals surface area contributed by atoms with Crippen LogP contribution in [0.4, 0.5) is 0 Å². The molecule has 0 spiro atoms. The van der Waals surface area contributed by atoms with E-state index < -0.39 is 10.0 Å². The molecule has 0 aromatic carbocycles. The minimum Gasteiger partial charge on any atom is -0.206 e. The lowest BCUT2D eigenvalue weighted by molar-refractivity contribution is 0.133. The molecule has 0 amide bonds. The number of hydrogen-bond acceptors (Lipinski definition) is 3. The lowest BCUT2D eigenvalue weighted by atomic mass is 9.65.